The molecule has 3 aromatic rings. The van der Waals surface area contributed by atoms with Crippen molar-refractivity contribution in [3.63, 3.8) is 0 Å². The fraction of sp³-hybridized carbons (Fsp3) is 0.0952. The number of hydrogen-bond acceptors (Lipinski definition) is 5. The van der Waals surface area contributed by atoms with Gasteiger partial charge in [0.15, 0.2) is 5.84 Å². The first-order valence-corrected chi connectivity index (χ1v) is 10.1. The topological polar surface area (TPSA) is 85.9 Å². The number of amidine groups is 1. The van der Waals surface area contributed by atoms with Crippen molar-refractivity contribution in [2.24, 2.45) is 9.50 Å². The molecule has 0 saturated carbocycles. The average Bonchev–Trinajstić information content (AvgIpc) is 2.99. The highest BCUT2D eigenvalue weighted by molar-refractivity contribution is 7.90. The van der Waals surface area contributed by atoms with E-state index in [1.54, 1.807) is 24.4 Å². The third kappa shape index (κ3) is 3.26. The maximum absolute atomic E-state index is 12.4. The van der Waals surface area contributed by atoms with E-state index in [9.17, 15) is 8.42 Å². The molecule has 7 heteroatoms. The van der Waals surface area contributed by atoms with E-state index in [-0.39, 0.29) is 23.7 Å². The van der Waals surface area contributed by atoms with Crippen molar-refractivity contribution < 1.29 is 8.42 Å². The molecule has 0 fully saturated rings. The molecule has 0 atom stereocenters. The Morgan fingerprint density at radius 3 is 2.64 bits per heavy atom. The Labute approximate surface area is 163 Å². The van der Waals surface area contributed by atoms with Gasteiger partial charge in [-0.25, -0.2) is 5.01 Å². The second-order valence-corrected chi connectivity index (χ2v) is 7.80. The third-order valence-electron chi connectivity index (χ3n) is 4.45. The zero-order chi connectivity index (χ0) is 19.6. The molecule has 0 unspecified atom stereocenters. The number of benzene rings is 3. The molecule has 0 aromatic heterocycles. The van der Waals surface area contributed by atoms with Crippen molar-refractivity contribution in [2.75, 3.05) is 6.54 Å². The van der Waals surface area contributed by atoms with Crippen molar-refractivity contribution in [3.05, 3.63) is 77.9 Å². The molecule has 0 amide bonds. The summed E-state index contributed by atoms with van der Waals surface area (Å²) < 4.78 is 28.6. The van der Waals surface area contributed by atoms with E-state index >= 15 is 0 Å². The summed E-state index contributed by atoms with van der Waals surface area (Å²) in [5.41, 5.74) is 1.39. The molecule has 0 N–H and O–H groups in total. The smallest absolute Gasteiger partial charge is 0.246 e. The van der Waals surface area contributed by atoms with Crippen molar-refractivity contribution in [2.45, 2.75) is 11.3 Å². The zero-order valence-electron chi connectivity index (χ0n) is 14.9. The highest BCUT2D eigenvalue weighted by Gasteiger charge is 2.31. The molecular weight excluding hydrogens is 372 g/mol. The predicted octanol–water partition coefficient (Wildman–Crippen LogP) is 3.54. The van der Waals surface area contributed by atoms with Crippen LogP contribution in [0.25, 0.3) is 10.8 Å². The van der Waals surface area contributed by atoms with Gasteiger partial charge in [-0.05, 0) is 22.9 Å². The first-order chi connectivity index (χ1) is 13.6. The van der Waals surface area contributed by atoms with E-state index < -0.39 is 10.0 Å². The van der Waals surface area contributed by atoms with E-state index in [0.29, 0.717) is 5.56 Å². The maximum atomic E-state index is 12.4. The molecule has 0 spiro atoms. The summed E-state index contributed by atoms with van der Waals surface area (Å²) in [5.74, 6) is 0.238. The molecule has 138 valence electrons. The molecule has 3 aromatic carbocycles. The van der Waals surface area contributed by atoms with E-state index in [2.05, 4.69) is 15.6 Å². The molecular formula is C21H16N4O2S. The first-order valence-electron chi connectivity index (χ1n) is 8.71. The van der Waals surface area contributed by atoms with Crippen LogP contribution in [0, 0.1) is 11.3 Å². The second kappa shape index (κ2) is 7.25. The van der Waals surface area contributed by atoms with Crippen molar-refractivity contribution in [1.82, 2.24) is 5.01 Å². The minimum Gasteiger partial charge on any atom is -0.246 e. The van der Waals surface area contributed by atoms with E-state index in [1.165, 1.54) is 11.1 Å². The molecule has 28 heavy (non-hydrogen) atoms. The van der Waals surface area contributed by atoms with Crippen molar-refractivity contribution in [1.29, 1.82) is 5.26 Å². The van der Waals surface area contributed by atoms with Gasteiger partial charge in [0, 0.05) is 11.1 Å². The highest BCUT2D eigenvalue weighted by Crippen LogP contribution is 2.27. The third-order valence-corrected chi connectivity index (χ3v) is 5.78. The normalized spacial score (nSPS) is 14.6. The van der Waals surface area contributed by atoms with Crippen LogP contribution in [0.15, 0.2) is 81.1 Å². The summed E-state index contributed by atoms with van der Waals surface area (Å²) in [6.45, 7) is 0.237. The number of fused-ring (bicyclic) bond motifs is 2. The lowest BCUT2D eigenvalue weighted by molar-refractivity contribution is 0.459. The van der Waals surface area contributed by atoms with Crippen LogP contribution in [-0.4, -0.2) is 32.0 Å². The lowest BCUT2D eigenvalue weighted by Gasteiger charge is -2.17. The summed E-state index contributed by atoms with van der Waals surface area (Å²) >= 11 is 0. The quantitative estimate of drug-likeness (QED) is 0.505. The van der Waals surface area contributed by atoms with Gasteiger partial charge in [0.1, 0.15) is 4.90 Å². The number of rotatable bonds is 4. The van der Waals surface area contributed by atoms with Crippen LogP contribution < -0.4 is 0 Å². The van der Waals surface area contributed by atoms with Crippen LogP contribution in [0.2, 0.25) is 0 Å². The van der Waals surface area contributed by atoms with Gasteiger partial charge in [-0.2, -0.15) is 18.8 Å². The number of hydrazone groups is 1. The largest absolute Gasteiger partial charge is 0.285 e. The van der Waals surface area contributed by atoms with Gasteiger partial charge in [-0.3, -0.25) is 0 Å². The Kier molecular flexibility index (Phi) is 4.63. The van der Waals surface area contributed by atoms with Crippen LogP contribution in [0.1, 0.15) is 17.5 Å². The Bertz CT molecular complexity index is 1250. The summed E-state index contributed by atoms with van der Waals surface area (Å²) in [4.78, 5) is 0.160. The predicted molar refractivity (Wildman–Crippen MR) is 109 cm³/mol. The number of sulfonamides is 1. The Morgan fingerprint density at radius 2 is 1.79 bits per heavy atom. The van der Waals surface area contributed by atoms with E-state index in [4.69, 9.17) is 5.26 Å². The van der Waals surface area contributed by atoms with Crippen LogP contribution in [0.4, 0.5) is 0 Å². The zero-order valence-corrected chi connectivity index (χ0v) is 15.7. The van der Waals surface area contributed by atoms with Gasteiger partial charge < -0.3 is 0 Å². The fourth-order valence-corrected chi connectivity index (χ4v) is 4.35. The second-order valence-electron chi connectivity index (χ2n) is 6.23. The summed E-state index contributed by atoms with van der Waals surface area (Å²) in [6.07, 6.45) is 1.86. The van der Waals surface area contributed by atoms with Gasteiger partial charge in [-0.1, -0.05) is 54.6 Å². The lowest BCUT2D eigenvalue weighted by atomic mass is 10.1. The number of nitrogens with zero attached hydrogens (tertiary/aromatic N) is 4. The van der Waals surface area contributed by atoms with Gasteiger partial charge in [0.05, 0.1) is 25.2 Å². The maximum Gasteiger partial charge on any atom is 0.285 e. The van der Waals surface area contributed by atoms with Gasteiger partial charge >= 0.3 is 0 Å². The van der Waals surface area contributed by atoms with Gasteiger partial charge in [0.25, 0.3) is 10.0 Å². The van der Waals surface area contributed by atoms with Crippen LogP contribution in [0.3, 0.4) is 0 Å². The van der Waals surface area contributed by atoms with Gasteiger partial charge in [-0.15, -0.1) is 4.40 Å². The Balaban J connectivity index is 1.76. The summed E-state index contributed by atoms with van der Waals surface area (Å²) in [6, 6.07) is 22.6. The minimum atomic E-state index is -3.75. The van der Waals surface area contributed by atoms with Crippen molar-refractivity contribution >= 4 is 32.8 Å². The molecule has 0 aliphatic carbocycles. The molecule has 0 radical (unpaired) electrons. The number of nitriles is 1. The fourth-order valence-electron chi connectivity index (χ4n) is 3.14. The summed E-state index contributed by atoms with van der Waals surface area (Å²) in [5, 5.41) is 17.1. The molecule has 0 saturated heterocycles. The Morgan fingerprint density at radius 1 is 1.04 bits per heavy atom. The molecule has 1 aliphatic heterocycles. The van der Waals surface area contributed by atoms with Crippen LogP contribution >= 0.6 is 0 Å². The molecule has 0 bridgehead atoms. The standard InChI is InChI=1S/C21H16N4O2S/c22-13-6-14-25(21-19-11-3-4-12-20(19)28(26,27)24-21)23-15-17-9-5-8-16-7-1-2-10-18(16)17/h1-5,7-12,15H,6,14H2/b23-15-. The van der Waals surface area contributed by atoms with Crippen molar-refractivity contribution in [3.8, 4) is 6.07 Å². The molecule has 6 nitrogen and oxygen atoms in total. The monoisotopic (exact) mass is 388 g/mol. The van der Waals surface area contributed by atoms with E-state index in [0.717, 1.165) is 16.3 Å². The minimum absolute atomic E-state index is 0.160. The lowest BCUT2D eigenvalue weighted by Crippen LogP contribution is -2.27. The van der Waals surface area contributed by atoms with Gasteiger partial charge in [0.2, 0.25) is 0 Å². The van der Waals surface area contributed by atoms with E-state index in [1.807, 2.05) is 42.5 Å². The molecule has 1 aliphatic rings. The highest BCUT2D eigenvalue weighted by atomic mass is 32.2. The SMILES string of the molecule is N#CCCN(/N=C\c1cccc2ccccc12)C1=NS(=O)(=O)c2ccccc21. The first kappa shape index (κ1) is 17.9. The Hall–Kier alpha value is -3.50. The number of hydrogen-bond donors (Lipinski definition) is 0. The van der Waals surface area contributed by atoms with Crippen LogP contribution in [0.5, 0.6) is 0 Å². The van der Waals surface area contributed by atoms with Crippen LogP contribution in [-0.2, 0) is 10.0 Å². The molecule has 1 heterocycles. The summed E-state index contributed by atoms with van der Waals surface area (Å²) in [7, 11) is -3.75. The average molecular weight is 388 g/mol. The molecule has 4 rings (SSSR count).